The van der Waals surface area contributed by atoms with Gasteiger partial charge in [0.25, 0.3) is 17.7 Å². The number of hydrogen-bond donors (Lipinski definition) is 2. The van der Waals surface area contributed by atoms with Crippen molar-refractivity contribution >= 4 is 35.5 Å². The van der Waals surface area contributed by atoms with Crippen LogP contribution in [0, 0.1) is 0 Å². The van der Waals surface area contributed by atoms with Gasteiger partial charge in [-0.3, -0.25) is 28.9 Å². The molecule has 2 aliphatic rings. The highest BCUT2D eigenvalue weighted by Gasteiger charge is 2.47. The average Bonchev–Trinajstić information content (AvgIpc) is 3.03. The minimum absolute atomic E-state index is 0.0189. The number of nitrogens with zero attached hydrogens (tertiary/aromatic N) is 2. The summed E-state index contributed by atoms with van der Waals surface area (Å²) in [6.07, 6.45) is 0.248. The van der Waals surface area contributed by atoms with Crippen molar-refractivity contribution in [1.82, 2.24) is 15.1 Å². The molecular formula is C21H24N4O7. The zero-order valence-corrected chi connectivity index (χ0v) is 17.7. The number of fused-ring (bicyclic) bond motifs is 1. The van der Waals surface area contributed by atoms with E-state index in [0.717, 1.165) is 4.90 Å². The third-order valence-corrected chi connectivity index (χ3v) is 5.45. The van der Waals surface area contributed by atoms with Crippen molar-refractivity contribution in [2.24, 2.45) is 5.73 Å². The summed E-state index contributed by atoms with van der Waals surface area (Å²) in [4.78, 5) is 76.1. The first kappa shape index (κ1) is 23.1. The molecule has 1 fully saturated rings. The number of rotatable bonds is 7. The number of imide groups is 2. The van der Waals surface area contributed by atoms with Crippen LogP contribution in [0.2, 0.25) is 0 Å². The van der Waals surface area contributed by atoms with Crippen LogP contribution < -0.4 is 11.1 Å². The Morgan fingerprint density at radius 1 is 1.16 bits per heavy atom. The molecule has 0 saturated carbocycles. The summed E-state index contributed by atoms with van der Waals surface area (Å²) in [5.74, 6) is -4.04. The largest absolute Gasteiger partial charge is 0.442 e. The number of nitrogens with one attached hydrogen (secondary N) is 1. The molecule has 3 atom stereocenters. The van der Waals surface area contributed by atoms with Crippen LogP contribution >= 0.6 is 0 Å². The molecule has 170 valence electrons. The van der Waals surface area contributed by atoms with Gasteiger partial charge in [-0.15, -0.1) is 0 Å². The number of piperidine rings is 1. The molecule has 0 bridgehead atoms. The lowest BCUT2D eigenvalue weighted by Gasteiger charge is -2.34. The highest BCUT2D eigenvalue weighted by Crippen LogP contribution is 2.28. The maximum atomic E-state index is 12.9. The van der Waals surface area contributed by atoms with Gasteiger partial charge in [0.1, 0.15) is 12.1 Å². The Labute approximate surface area is 183 Å². The van der Waals surface area contributed by atoms with Crippen molar-refractivity contribution in [3.63, 3.8) is 0 Å². The summed E-state index contributed by atoms with van der Waals surface area (Å²) in [5.41, 5.74) is 5.98. The quantitative estimate of drug-likeness (QED) is 0.423. The van der Waals surface area contributed by atoms with E-state index >= 15 is 0 Å². The normalized spacial score (nSPS) is 20.2. The van der Waals surface area contributed by atoms with Crippen molar-refractivity contribution in [3.8, 4) is 0 Å². The first-order valence-electron chi connectivity index (χ1n) is 10.2. The fraction of sp³-hybridized carbons (Fsp3) is 0.429. The van der Waals surface area contributed by atoms with E-state index in [1.165, 1.54) is 19.1 Å². The third-order valence-electron chi connectivity index (χ3n) is 5.45. The summed E-state index contributed by atoms with van der Waals surface area (Å²) in [6.45, 7) is 2.39. The number of benzene rings is 1. The van der Waals surface area contributed by atoms with Crippen LogP contribution in [0.4, 0.5) is 0 Å². The lowest BCUT2D eigenvalue weighted by Crippen LogP contribution is -2.57. The second kappa shape index (κ2) is 9.27. The van der Waals surface area contributed by atoms with Crippen molar-refractivity contribution in [3.05, 3.63) is 35.4 Å². The zero-order valence-electron chi connectivity index (χ0n) is 17.7. The first-order valence-corrected chi connectivity index (χ1v) is 10.2. The maximum absolute atomic E-state index is 12.9. The lowest BCUT2D eigenvalue weighted by atomic mass is 10.0. The second-order valence-electron chi connectivity index (χ2n) is 7.58. The third kappa shape index (κ3) is 4.24. The number of amides is 5. The highest BCUT2D eigenvalue weighted by atomic mass is 16.5. The van der Waals surface area contributed by atoms with E-state index in [2.05, 4.69) is 5.32 Å². The Morgan fingerprint density at radius 3 is 2.31 bits per heavy atom. The van der Waals surface area contributed by atoms with E-state index < -0.39 is 60.4 Å². The Hall–Kier alpha value is -3.60. The van der Waals surface area contributed by atoms with Crippen molar-refractivity contribution in [2.45, 2.75) is 51.2 Å². The summed E-state index contributed by atoms with van der Waals surface area (Å²) in [5, 5.41) is 2.39. The van der Waals surface area contributed by atoms with E-state index in [0.29, 0.717) is 11.3 Å². The summed E-state index contributed by atoms with van der Waals surface area (Å²) in [6, 6.07) is 3.19. The number of hydrogen-bond acceptors (Lipinski definition) is 8. The minimum atomic E-state index is -1.18. The van der Waals surface area contributed by atoms with Gasteiger partial charge in [-0.1, -0.05) is 19.1 Å². The molecule has 2 heterocycles. The topological polar surface area (TPSA) is 156 Å². The SMILES string of the molecule is CCC(N)C(=O)N[C@@H](C)C(=O)OCN1C(=O)CC[C@H](N2C(=O)c3ccccc3C2=O)C1=O. The van der Waals surface area contributed by atoms with Crippen molar-refractivity contribution < 1.29 is 33.5 Å². The number of carbonyl (C=O) groups is 6. The van der Waals surface area contributed by atoms with Gasteiger partial charge >= 0.3 is 5.97 Å². The van der Waals surface area contributed by atoms with Crippen LogP contribution in [0.1, 0.15) is 53.8 Å². The standard InChI is InChI=1S/C21H24N4O7/c1-3-14(22)17(27)23-11(2)21(31)32-10-24-16(26)9-8-15(20(24)30)25-18(28)12-6-4-5-7-13(12)19(25)29/h4-7,11,14-15H,3,8-10,22H2,1-2H3,(H,23,27)/t11-,14?,15-/m0/s1. The first-order chi connectivity index (χ1) is 15.2. The van der Waals surface area contributed by atoms with Gasteiger partial charge < -0.3 is 15.8 Å². The molecule has 32 heavy (non-hydrogen) atoms. The van der Waals surface area contributed by atoms with Gasteiger partial charge in [0.15, 0.2) is 6.73 Å². The van der Waals surface area contributed by atoms with Crippen LogP contribution in [-0.2, 0) is 23.9 Å². The molecule has 5 amide bonds. The lowest BCUT2D eigenvalue weighted by molar-refractivity contribution is -0.165. The number of likely N-dealkylation sites (tertiary alicyclic amines) is 1. The molecular weight excluding hydrogens is 420 g/mol. The van der Waals surface area contributed by atoms with Crippen LogP contribution in [-0.4, -0.2) is 70.2 Å². The molecule has 0 spiro atoms. The van der Waals surface area contributed by atoms with E-state index in [-0.39, 0.29) is 24.0 Å². The van der Waals surface area contributed by atoms with Gasteiger partial charge in [-0.25, -0.2) is 9.69 Å². The van der Waals surface area contributed by atoms with E-state index in [1.807, 2.05) is 0 Å². The molecule has 11 heteroatoms. The minimum Gasteiger partial charge on any atom is -0.442 e. The number of ether oxygens (including phenoxy) is 1. The Kier molecular flexibility index (Phi) is 6.68. The van der Waals surface area contributed by atoms with Crippen LogP contribution in [0.5, 0.6) is 0 Å². The molecule has 1 unspecified atom stereocenters. The van der Waals surface area contributed by atoms with Gasteiger partial charge in [0.2, 0.25) is 11.8 Å². The zero-order chi connectivity index (χ0) is 23.6. The Bertz CT molecular complexity index is 957. The summed E-state index contributed by atoms with van der Waals surface area (Å²) >= 11 is 0. The predicted molar refractivity (Wildman–Crippen MR) is 109 cm³/mol. The van der Waals surface area contributed by atoms with Gasteiger partial charge in [0, 0.05) is 6.42 Å². The maximum Gasteiger partial charge on any atom is 0.330 e. The molecule has 1 aromatic rings. The monoisotopic (exact) mass is 444 g/mol. The van der Waals surface area contributed by atoms with E-state index in [9.17, 15) is 28.8 Å². The van der Waals surface area contributed by atoms with Crippen LogP contribution in [0.3, 0.4) is 0 Å². The number of carbonyl (C=O) groups excluding carboxylic acids is 6. The van der Waals surface area contributed by atoms with Gasteiger partial charge in [0.05, 0.1) is 17.2 Å². The summed E-state index contributed by atoms with van der Waals surface area (Å²) in [7, 11) is 0. The molecule has 0 aliphatic carbocycles. The molecule has 0 aromatic heterocycles. The second-order valence-corrected chi connectivity index (χ2v) is 7.58. The summed E-state index contributed by atoms with van der Waals surface area (Å²) < 4.78 is 5.03. The smallest absolute Gasteiger partial charge is 0.330 e. The molecule has 2 aliphatic heterocycles. The fourth-order valence-electron chi connectivity index (χ4n) is 3.51. The highest BCUT2D eigenvalue weighted by molar-refractivity contribution is 6.23. The molecule has 3 N–H and O–H groups in total. The number of nitrogens with two attached hydrogens (primary N) is 1. The van der Waals surface area contributed by atoms with Crippen LogP contribution in [0.25, 0.3) is 0 Å². The number of esters is 1. The fourth-order valence-corrected chi connectivity index (χ4v) is 3.51. The Morgan fingerprint density at radius 2 is 1.75 bits per heavy atom. The molecule has 0 radical (unpaired) electrons. The average molecular weight is 444 g/mol. The van der Waals surface area contributed by atoms with Crippen molar-refractivity contribution in [2.75, 3.05) is 6.73 Å². The Balaban J connectivity index is 1.66. The van der Waals surface area contributed by atoms with Gasteiger partial charge in [-0.2, -0.15) is 0 Å². The molecule has 11 nitrogen and oxygen atoms in total. The van der Waals surface area contributed by atoms with E-state index in [4.69, 9.17) is 10.5 Å². The van der Waals surface area contributed by atoms with E-state index in [1.54, 1.807) is 19.1 Å². The molecule has 3 rings (SSSR count). The molecule has 1 saturated heterocycles. The molecule has 1 aromatic carbocycles. The van der Waals surface area contributed by atoms with Crippen molar-refractivity contribution in [1.29, 1.82) is 0 Å². The predicted octanol–water partition coefficient (Wildman–Crippen LogP) is -0.457. The van der Waals surface area contributed by atoms with Crippen LogP contribution in [0.15, 0.2) is 24.3 Å². The van der Waals surface area contributed by atoms with Gasteiger partial charge in [-0.05, 0) is 31.9 Å².